The lowest BCUT2D eigenvalue weighted by atomic mass is 10.1. The Balaban J connectivity index is 1.91. The summed E-state index contributed by atoms with van der Waals surface area (Å²) in [6.07, 6.45) is 1.67. The second-order valence-corrected chi connectivity index (χ2v) is 5.58. The SMILES string of the molecule is Cc1nc(NC(=O)c2c[nH]c3cc(N)ccc23)ccc1Br. The lowest BCUT2D eigenvalue weighted by Gasteiger charge is -2.05. The molecule has 6 heteroatoms. The topological polar surface area (TPSA) is 83.8 Å². The zero-order valence-corrected chi connectivity index (χ0v) is 12.9. The number of nitrogen functional groups attached to an aromatic ring is 1. The molecule has 4 N–H and O–H groups in total. The van der Waals surface area contributed by atoms with Crippen molar-refractivity contribution in [3.8, 4) is 0 Å². The second-order valence-electron chi connectivity index (χ2n) is 4.73. The number of carbonyl (C=O) groups excluding carboxylic acids is 1. The number of H-pyrrole nitrogens is 1. The average molecular weight is 345 g/mol. The Morgan fingerprint density at radius 2 is 2.14 bits per heavy atom. The smallest absolute Gasteiger partial charge is 0.258 e. The third-order valence-corrected chi connectivity index (χ3v) is 4.05. The van der Waals surface area contributed by atoms with E-state index in [-0.39, 0.29) is 5.91 Å². The van der Waals surface area contributed by atoms with E-state index in [1.165, 1.54) is 0 Å². The maximum atomic E-state index is 12.4. The molecular weight excluding hydrogens is 332 g/mol. The largest absolute Gasteiger partial charge is 0.399 e. The minimum atomic E-state index is -0.208. The number of hydrogen-bond donors (Lipinski definition) is 3. The summed E-state index contributed by atoms with van der Waals surface area (Å²) < 4.78 is 0.906. The van der Waals surface area contributed by atoms with Gasteiger partial charge in [-0.05, 0) is 53.2 Å². The lowest BCUT2D eigenvalue weighted by Crippen LogP contribution is -2.12. The molecule has 0 fully saturated rings. The Bertz CT molecular complexity index is 841. The summed E-state index contributed by atoms with van der Waals surface area (Å²) in [5, 5.41) is 3.63. The molecule has 0 aliphatic carbocycles. The maximum Gasteiger partial charge on any atom is 0.258 e. The van der Waals surface area contributed by atoms with Crippen molar-refractivity contribution in [2.45, 2.75) is 6.92 Å². The molecule has 1 amide bonds. The molecule has 106 valence electrons. The van der Waals surface area contributed by atoms with Gasteiger partial charge in [0.05, 0.1) is 11.3 Å². The highest BCUT2D eigenvalue weighted by molar-refractivity contribution is 9.10. The van der Waals surface area contributed by atoms with Crippen LogP contribution in [0.25, 0.3) is 10.9 Å². The molecule has 3 aromatic rings. The molecule has 21 heavy (non-hydrogen) atoms. The summed E-state index contributed by atoms with van der Waals surface area (Å²) >= 11 is 3.38. The van der Waals surface area contributed by atoms with Crippen molar-refractivity contribution in [2.24, 2.45) is 0 Å². The van der Waals surface area contributed by atoms with E-state index in [9.17, 15) is 4.79 Å². The fraction of sp³-hybridized carbons (Fsp3) is 0.0667. The lowest BCUT2D eigenvalue weighted by molar-refractivity contribution is 0.102. The number of nitrogens with two attached hydrogens (primary N) is 1. The van der Waals surface area contributed by atoms with E-state index in [2.05, 4.69) is 31.2 Å². The van der Waals surface area contributed by atoms with E-state index >= 15 is 0 Å². The van der Waals surface area contributed by atoms with Crippen LogP contribution in [0, 0.1) is 6.92 Å². The van der Waals surface area contributed by atoms with E-state index in [1.807, 2.05) is 19.1 Å². The first-order valence-corrected chi connectivity index (χ1v) is 7.15. The number of aromatic nitrogens is 2. The van der Waals surface area contributed by atoms with Gasteiger partial charge in [-0.2, -0.15) is 0 Å². The number of carbonyl (C=O) groups is 1. The number of nitrogens with one attached hydrogen (secondary N) is 2. The first-order valence-electron chi connectivity index (χ1n) is 6.36. The molecule has 2 heterocycles. The quantitative estimate of drug-likeness (QED) is 0.622. The minimum Gasteiger partial charge on any atom is -0.399 e. The van der Waals surface area contributed by atoms with Crippen LogP contribution in [0.1, 0.15) is 16.1 Å². The van der Waals surface area contributed by atoms with Gasteiger partial charge in [0, 0.05) is 27.3 Å². The molecule has 0 unspecified atom stereocenters. The van der Waals surface area contributed by atoms with E-state index in [0.717, 1.165) is 21.1 Å². The normalized spacial score (nSPS) is 10.8. The molecule has 0 aliphatic rings. The number of hydrogen-bond acceptors (Lipinski definition) is 3. The standard InChI is InChI=1S/C15H13BrN4O/c1-8-12(16)4-5-14(19-8)20-15(21)11-7-18-13-6-9(17)2-3-10(11)13/h2-7,18H,17H2,1H3,(H,19,20,21). The summed E-state index contributed by atoms with van der Waals surface area (Å²) in [5.74, 6) is 0.311. The van der Waals surface area contributed by atoms with Crippen molar-refractivity contribution in [3.05, 3.63) is 52.3 Å². The zero-order chi connectivity index (χ0) is 15.0. The molecule has 0 spiro atoms. The first kappa shape index (κ1) is 13.6. The van der Waals surface area contributed by atoms with Gasteiger partial charge >= 0.3 is 0 Å². The van der Waals surface area contributed by atoms with Crippen LogP contribution in [0.4, 0.5) is 11.5 Å². The number of rotatable bonds is 2. The van der Waals surface area contributed by atoms with Gasteiger partial charge in [0.15, 0.2) is 0 Å². The highest BCUT2D eigenvalue weighted by Gasteiger charge is 2.13. The number of aryl methyl sites for hydroxylation is 1. The third-order valence-electron chi connectivity index (χ3n) is 3.21. The van der Waals surface area contributed by atoms with Crippen LogP contribution in [-0.2, 0) is 0 Å². The zero-order valence-electron chi connectivity index (χ0n) is 11.3. The molecule has 1 aromatic carbocycles. The van der Waals surface area contributed by atoms with E-state index in [0.29, 0.717) is 17.1 Å². The predicted molar refractivity (Wildman–Crippen MR) is 87.3 cm³/mol. The average Bonchev–Trinajstić information content (AvgIpc) is 2.85. The Morgan fingerprint density at radius 3 is 2.90 bits per heavy atom. The predicted octanol–water partition coefficient (Wildman–Crippen LogP) is 3.47. The number of fused-ring (bicyclic) bond motifs is 1. The van der Waals surface area contributed by atoms with Gasteiger partial charge in [0.1, 0.15) is 5.82 Å². The summed E-state index contributed by atoms with van der Waals surface area (Å²) in [6.45, 7) is 1.87. The van der Waals surface area contributed by atoms with E-state index in [4.69, 9.17) is 5.73 Å². The van der Waals surface area contributed by atoms with Crippen molar-refractivity contribution in [1.82, 2.24) is 9.97 Å². The van der Waals surface area contributed by atoms with E-state index in [1.54, 1.807) is 24.4 Å². The fourth-order valence-electron chi connectivity index (χ4n) is 2.13. The highest BCUT2D eigenvalue weighted by atomic mass is 79.9. The molecular formula is C15H13BrN4O. The Kier molecular flexibility index (Phi) is 3.39. The van der Waals surface area contributed by atoms with Crippen molar-refractivity contribution in [3.63, 3.8) is 0 Å². The Morgan fingerprint density at radius 1 is 1.33 bits per heavy atom. The molecule has 0 aliphatic heterocycles. The number of anilines is 2. The monoisotopic (exact) mass is 344 g/mol. The van der Waals surface area contributed by atoms with Crippen molar-refractivity contribution in [2.75, 3.05) is 11.1 Å². The number of benzene rings is 1. The minimum absolute atomic E-state index is 0.208. The highest BCUT2D eigenvalue weighted by Crippen LogP contribution is 2.22. The van der Waals surface area contributed by atoms with E-state index < -0.39 is 0 Å². The summed E-state index contributed by atoms with van der Waals surface area (Å²) in [4.78, 5) is 19.7. The number of pyridine rings is 1. The summed E-state index contributed by atoms with van der Waals surface area (Å²) in [5.41, 5.74) is 8.60. The van der Waals surface area contributed by atoms with Crippen LogP contribution in [0.3, 0.4) is 0 Å². The van der Waals surface area contributed by atoms with Gasteiger partial charge in [-0.1, -0.05) is 0 Å². The van der Waals surface area contributed by atoms with Gasteiger partial charge in [0.2, 0.25) is 0 Å². The number of amides is 1. The maximum absolute atomic E-state index is 12.4. The van der Waals surface area contributed by atoms with Gasteiger partial charge in [-0.15, -0.1) is 0 Å². The van der Waals surface area contributed by atoms with Crippen LogP contribution in [-0.4, -0.2) is 15.9 Å². The molecule has 0 bridgehead atoms. The van der Waals surface area contributed by atoms with Gasteiger partial charge in [-0.3, -0.25) is 4.79 Å². The summed E-state index contributed by atoms with van der Waals surface area (Å²) in [7, 11) is 0. The van der Waals surface area contributed by atoms with Gasteiger partial charge in [-0.25, -0.2) is 4.98 Å². The van der Waals surface area contributed by atoms with Crippen molar-refractivity contribution < 1.29 is 4.79 Å². The first-order chi connectivity index (χ1) is 10.0. The fourth-order valence-corrected chi connectivity index (χ4v) is 2.35. The molecule has 5 nitrogen and oxygen atoms in total. The number of aromatic amines is 1. The Labute approximate surface area is 129 Å². The van der Waals surface area contributed by atoms with Crippen LogP contribution in [0.5, 0.6) is 0 Å². The number of halogens is 1. The van der Waals surface area contributed by atoms with Crippen LogP contribution >= 0.6 is 15.9 Å². The molecule has 0 saturated heterocycles. The Hall–Kier alpha value is -2.34. The molecule has 0 saturated carbocycles. The van der Waals surface area contributed by atoms with Gasteiger partial charge < -0.3 is 16.0 Å². The molecule has 2 aromatic heterocycles. The van der Waals surface area contributed by atoms with Crippen LogP contribution in [0.15, 0.2) is 41.0 Å². The molecule has 0 radical (unpaired) electrons. The van der Waals surface area contributed by atoms with Crippen LogP contribution in [0.2, 0.25) is 0 Å². The second kappa shape index (κ2) is 5.21. The van der Waals surface area contributed by atoms with Crippen molar-refractivity contribution >= 4 is 44.2 Å². The molecule has 3 rings (SSSR count). The number of nitrogens with zero attached hydrogens (tertiary/aromatic N) is 1. The van der Waals surface area contributed by atoms with Gasteiger partial charge in [0.25, 0.3) is 5.91 Å². The van der Waals surface area contributed by atoms with Crippen molar-refractivity contribution in [1.29, 1.82) is 0 Å². The van der Waals surface area contributed by atoms with Crippen LogP contribution < -0.4 is 11.1 Å². The third kappa shape index (κ3) is 2.62. The molecule has 0 atom stereocenters. The summed E-state index contributed by atoms with van der Waals surface area (Å²) in [6, 6.07) is 9.01.